The van der Waals surface area contributed by atoms with E-state index in [2.05, 4.69) is 34.8 Å². The summed E-state index contributed by atoms with van der Waals surface area (Å²) in [5.41, 5.74) is 1.11. The Hall–Kier alpha value is -0.480. The van der Waals surface area contributed by atoms with Crippen LogP contribution in [0.1, 0.15) is 51.8 Å². The lowest BCUT2D eigenvalue weighted by Crippen LogP contribution is -2.28. The van der Waals surface area contributed by atoms with Crippen LogP contribution < -0.4 is 5.32 Å². The van der Waals surface area contributed by atoms with Gasteiger partial charge in [-0.25, -0.2) is 0 Å². The first-order valence-electron chi connectivity index (χ1n) is 5.80. The zero-order chi connectivity index (χ0) is 11.1. The van der Waals surface area contributed by atoms with Crippen LogP contribution in [-0.2, 0) is 0 Å². The molecule has 0 aliphatic heterocycles. The molecule has 86 valence electrons. The molecule has 1 N–H and O–H groups in total. The summed E-state index contributed by atoms with van der Waals surface area (Å²) in [6, 6.07) is 0.378. The van der Waals surface area contributed by atoms with Crippen molar-refractivity contribution in [3.8, 4) is 0 Å². The monoisotopic (exact) mass is 227 g/mol. The van der Waals surface area contributed by atoms with Crippen molar-refractivity contribution in [3.05, 3.63) is 11.9 Å². The molecule has 15 heavy (non-hydrogen) atoms. The van der Waals surface area contributed by atoms with Gasteiger partial charge in [-0.2, -0.15) is 8.75 Å². The number of hydrogen-bond acceptors (Lipinski definition) is 4. The molecule has 0 aromatic carbocycles. The van der Waals surface area contributed by atoms with E-state index in [0.29, 0.717) is 12.0 Å². The molecule has 0 spiro atoms. The molecule has 2 atom stereocenters. The Kier molecular flexibility index (Phi) is 5.79. The molecule has 0 radical (unpaired) electrons. The summed E-state index contributed by atoms with van der Waals surface area (Å²) in [6.45, 7) is 7.76. The van der Waals surface area contributed by atoms with Gasteiger partial charge in [0.1, 0.15) is 0 Å². The molecule has 0 aliphatic carbocycles. The van der Waals surface area contributed by atoms with E-state index in [1.54, 1.807) is 0 Å². The van der Waals surface area contributed by atoms with E-state index in [-0.39, 0.29) is 0 Å². The Morgan fingerprint density at radius 3 is 2.73 bits per heavy atom. The minimum Gasteiger partial charge on any atom is -0.308 e. The van der Waals surface area contributed by atoms with E-state index < -0.39 is 0 Å². The van der Waals surface area contributed by atoms with Crippen molar-refractivity contribution < 1.29 is 0 Å². The fourth-order valence-electron chi connectivity index (χ4n) is 1.83. The fraction of sp³-hybridized carbons (Fsp3) is 0.818. The number of nitrogens with zero attached hydrogens (tertiary/aromatic N) is 2. The lowest BCUT2D eigenvalue weighted by atomic mass is 9.94. The topological polar surface area (TPSA) is 37.8 Å². The van der Waals surface area contributed by atoms with Crippen molar-refractivity contribution in [3.63, 3.8) is 0 Å². The van der Waals surface area contributed by atoms with Crippen molar-refractivity contribution in [1.82, 2.24) is 14.1 Å². The Morgan fingerprint density at radius 2 is 2.20 bits per heavy atom. The third-order valence-electron chi connectivity index (χ3n) is 2.62. The van der Waals surface area contributed by atoms with Crippen molar-refractivity contribution in [1.29, 1.82) is 0 Å². The summed E-state index contributed by atoms with van der Waals surface area (Å²) >= 11 is 1.30. The summed E-state index contributed by atoms with van der Waals surface area (Å²) in [6.07, 6.45) is 5.51. The van der Waals surface area contributed by atoms with Gasteiger partial charge in [0.05, 0.1) is 29.7 Å². The average Bonchev–Trinajstić information content (AvgIpc) is 2.72. The van der Waals surface area contributed by atoms with Crippen molar-refractivity contribution >= 4 is 11.7 Å². The standard InChI is InChI=1S/C11H21N3S/c1-4-6-9(3)11(12-7-5-2)10-8-13-15-14-10/h8-9,11-12H,4-7H2,1-3H3. The zero-order valence-corrected chi connectivity index (χ0v) is 10.7. The zero-order valence-electron chi connectivity index (χ0n) is 9.86. The Labute approximate surface area is 96.6 Å². The van der Waals surface area contributed by atoms with Crippen LogP contribution in [0.5, 0.6) is 0 Å². The van der Waals surface area contributed by atoms with Gasteiger partial charge in [0.2, 0.25) is 0 Å². The van der Waals surface area contributed by atoms with Crippen LogP contribution in [-0.4, -0.2) is 15.3 Å². The van der Waals surface area contributed by atoms with E-state index in [4.69, 9.17) is 0 Å². The Balaban J connectivity index is 2.60. The smallest absolute Gasteiger partial charge is 0.0914 e. The van der Waals surface area contributed by atoms with Gasteiger partial charge >= 0.3 is 0 Å². The maximum atomic E-state index is 4.34. The lowest BCUT2D eigenvalue weighted by Gasteiger charge is -2.22. The van der Waals surface area contributed by atoms with E-state index in [1.807, 2.05) is 6.20 Å². The van der Waals surface area contributed by atoms with Crippen LogP contribution in [0.4, 0.5) is 0 Å². The van der Waals surface area contributed by atoms with Crippen molar-refractivity contribution in [2.75, 3.05) is 6.54 Å². The maximum Gasteiger partial charge on any atom is 0.0914 e. The first-order valence-corrected chi connectivity index (χ1v) is 6.53. The first-order chi connectivity index (χ1) is 7.29. The van der Waals surface area contributed by atoms with Crippen LogP contribution >= 0.6 is 11.7 Å². The van der Waals surface area contributed by atoms with Gasteiger partial charge in [-0.3, -0.25) is 0 Å². The summed E-state index contributed by atoms with van der Waals surface area (Å²) in [4.78, 5) is 0. The summed E-state index contributed by atoms with van der Waals surface area (Å²) in [5, 5.41) is 3.56. The van der Waals surface area contributed by atoms with E-state index in [0.717, 1.165) is 18.7 Å². The molecule has 1 heterocycles. The highest BCUT2D eigenvalue weighted by atomic mass is 32.1. The van der Waals surface area contributed by atoms with E-state index >= 15 is 0 Å². The van der Waals surface area contributed by atoms with Gasteiger partial charge in [-0.05, 0) is 25.3 Å². The SMILES string of the molecule is CCCNC(c1cnsn1)C(C)CCC. The quantitative estimate of drug-likeness (QED) is 0.778. The summed E-state index contributed by atoms with van der Waals surface area (Å²) in [5.74, 6) is 0.630. The van der Waals surface area contributed by atoms with Gasteiger partial charge in [-0.1, -0.05) is 27.2 Å². The average molecular weight is 227 g/mol. The molecular weight excluding hydrogens is 206 g/mol. The number of hydrogen-bond donors (Lipinski definition) is 1. The van der Waals surface area contributed by atoms with Crippen LogP contribution in [0.15, 0.2) is 6.20 Å². The second kappa shape index (κ2) is 6.90. The molecule has 3 nitrogen and oxygen atoms in total. The molecule has 1 rings (SSSR count). The maximum absolute atomic E-state index is 4.34. The highest BCUT2D eigenvalue weighted by Gasteiger charge is 2.19. The number of aromatic nitrogens is 2. The van der Waals surface area contributed by atoms with Crippen LogP contribution in [0.3, 0.4) is 0 Å². The Morgan fingerprint density at radius 1 is 1.40 bits per heavy atom. The highest BCUT2D eigenvalue weighted by molar-refractivity contribution is 6.99. The minimum atomic E-state index is 0.378. The summed E-state index contributed by atoms with van der Waals surface area (Å²) in [7, 11) is 0. The Bertz CT molecular complexity index is 248. The molecule has 0 bridgehead atoms. The van der Waals surface area contributed by atoms with E-state index in [9.17, 15) is 0 Å². The molecule has 0 saturated heterocycles. The molecule has 1 aromatic heterocycles. The minimum absolute atomic E-state index is 0.378. The van der Waals surface area contributed by atoms with Gasteiger partial charge in [0.15, 0.2) is 0 Å². The summed E-state index contributed by atoms with van der Waals surface area (Å²) < 4.78 is 8.43. The number of nitrogens with one attached hydrogen (secondary N) is 1. The molecule has 0 saturated carbocycles. The number of rotatable bonds is 7. The van der Waals surface area contributed by atoms with Crippen LogP contribution in [0.25, 0.3) is 0 Å². The lowest BCUT2D eigenvalue weighted by molar-refractivity contribution is 0.358. The van der Waals surface area contributed by atoms with Crippen molar-refractivity contribution in [2.24, 2.45) is 5.92 Å². The van der Waals surface area contributed by atoms with Gasteiger partial charge in [-0.15, -0.1) is 0 Å². The molecule has 0 amide bonds. The third kappa shape index (κ3) is 3.87. The highest BCUT2D eigenvalue weighted by Crippen LogP contribution is 2.24. The predicted octanol–water partition coefficient (Wildman–Crippen LogP) is 3.02. The van der Waals surface area contributed by atoms with Gasteiger partial charge < -0.3 is 5.32 Å². The molecule has 4 heteroatoms. The van der Waals surface area contributed by atoms with Crippen LogP contribution in [0.2, 0.25) is 0 Å². The second-order valence-electron chi connectivity index (χ2n) is 4.03. The fourth-order valence-corrected chi connectivity index (χ4v) is 2.29. The molecule has 2 unspecified atom stereocenters. The molecular formula is C11H21N3S. The molecule has 0 aliphatic rings. The largest absolute Gasteiger partial charge is 0.308 e. The van der Waals surface area contributed by atoms with Crippen molar-refractivity contribution in [2.45, 2.75) is 46.1 Å². The molecule has 0 fully saturated rings. The van der Waals surface area contributed by atoms with Crippen LogP contribution in [0, 0.1) is 5.92 Å². The van der Waals surface area contributed by atoms with Gasteiger partial charge in [0.25, 0.3) is 0 Å². The van der Waals surface area contributed by atoms with Gasteiger partial charge in [0, 0.05) is 0 Å². The third-order valence-corrected chi connectivity index (χ3v) is 3.12. The first kappa shape index (κ1) is 12.6. The molecule has 1 aromatic rings. The normalized spacial score (nSPS) is 15.1. The second-order valence-corrected chi connectivity index (χ2v) is 4.59. The predicted molar refractivity (Wildman–Crippen MR) is 65.0 cm³/mol. The van der Waals surface area contributed by atoms with E-state index in [1.165, 1.54) is 24.6 Å².